The van der Waals surface area contributed by atoms with Crippen molar-refractivity contribution in [3.8, 4) is 0 Å². The van der Waals surface area contributed by atoms with Gasteiger partial charge in [-0.3, -0.25) is 30.3 Å². The summed E-state index contributed by atoms with van der Waals surface area (Å²) in [5, 5.41) is 32.1. The standard InChI is InChI=1S/C9H12FN3O7/c10-7-2-6-1-5(7)3-8(6)20-4-9(11(14)15,12(16)17)13(18)19/h5-8H,1-4H2/t5-,6-,7-,8+/m1/s1. The molecule has 0 saturated heterocycles. The van der Waals surface area contributed by atoms with Crippen LogP contribution in [0.1, 0.15) is 19.3 Å². The summed E-state index contributed by atoms with van der Waals surface area (Å²) in [6, 6.07) is 0. The van der Waals surface area contributed by atoms with Crippen LogP contribution in [0.3, 0.4) is 0 Å². The number of fused-ring (bicyclic) bond motifs is 2. The van der Waals surface area contributed by atoms with Crippen LogP contribution in [0.2, 0.25) is 0 Å². The number of alkyl halides is 1. The maximum Gasteiger partial charge on any atom is 0.723 e. The fourth-order valence-electron chi connectivity index (χ4n) is 2.93. The van der Waals surface area contributed by atoms with Crippen LogP contribution in [0.5, 0.6) is 0 Å². The van der Waals surface area contributed by atoms with Crippen LogP contribution in [0.15, 0.2) is 0 Å². The lowest BCUT2D eigenvalue weighted by atomic mass is 9.96. The summed E-state index contributed by atoms with van der Waals surface area (Å²) in [4.78, 5) is 27.4. The lowest BCUT2D eigenvalue weighted by molar-refractivity contribution is -0.970. The van der Waals surface area contributed by atoms with Gasteiger partial charge in [0.1, 0.15) is 6.17 Å². The summed E-state index contributed by atoms with van der Waals surface area (Å²) in [6.45, 7) is -1.26. The van der Waals surface area contributed by atoms with Gasteiger partial charge in [0.2, 0.25) is 0 Å². The Bertz CT molecular complexity index is 421. The van der Waals surface area contributed by atoms with Gasteiger partial charge in [0.15, 0.2) is 14.8 Å². The molecule has 2 rings (SSSR count). The lowest BCUT2D eigenvalue weighted by Crippen LogP contribution is -2.57. The normalized spacial score (nSPS) is 32.2. The maximum absolute atomic E-state index is 13.3. The molecular formula is C9H12FN3O7. The molecule has 0 aromatic heterocycles. The molecule has 112 valence electrons. The third-order valence-electron chi connectivity index (χ3n) is 4.07. The van der Waals surface area contributed by atoms with Crippen molar-refractivity contribution >= 4 is 0 Å². The van der Waals surface area contributed by atoms with E-state index in [0.29, 0.717) is 6.42 Å². The minimum Gasteiger partial charge on any atom is -0.356 e. The summed E-state index contributed by atoms with van der Waals surface area (Å²) in [7, 11) is 0. The molecule has 20 heavy (non-hydrogen) atoms. The SMILES string of the molecule is O=[N+]([O-])C(CO[C@H]1C[C@H]2C[C@@H]1C[C@H]2F)([N+](=O)[O-])[N+](=O)[O-]. The van der Waals surface area contributed by atoms with Crippen LogP contribution in [0.25, 0.3) is 0 Å². The van der Waals surface area contributed by atoms with Crippen LogP contribution in [0, 0.1) is 42.2 Å². The third kappa shape index (κ3) is 2.07. The molecule has 0 unspecified atom stereocenters. The molecule has 2 aliphatic carbocycles. The highest BCUT2D eigenvalue weighted by molar-refractivity contribution is 4.96. The lowest BCUT2D eigenvalue weighted by Gasteiger charge is -2.23. The summed E-state index contributed by atoms with van der Waals surface area (Å²) in [6.07, 6.45) is -0.474. The van der Waals surface area contributed by atoms with E-state index in [4.69, 9.17) is 4.74 Å². The smallest absolute Gasteiger partial charge is 0.356 e. The molecule has 0 aliphatic heterocycles. The Kier molecular flexibility index (Phi) is 3.54. The summed E-state index contributed by atoms with van der Waals surface area (Å²) < 4.78 is 18.3. The molecule has 0 heterocycles. The van der Waals surface area contributed by atoms with E-state index in [1.54, 1.807) is 0 Å². The van der Waals surface area contributed by atoms with E-state index >= 15 is 0 Å². The third-order valence-corrected chi connectivity index (χ3v) is 4.07. The van der Waals surface area contributed by atoms with Gasteiger partial charge in [-0.25, -0.2) is 4.39 Å². The van der Waals surface area contributed by atoms with Crippen molar-refractivity contribution < 1.29 is 23.9 Å². The largest absolute Gasteiger partial charge is 0.723 e. The summed E-state index contributed by atoms with van der Waals surface area (Å²) >= 11 is 0. The Labute approximate surface area is 111 Å². The fourth-order valence-corrected chi connectivity index (χ4v) is 2.93. The van der Waals surface area contributed by atoms with Crippen LogP contribution >= 0.6 is 0 Å². The van der Waals surface area contributed by atoms with Crippen LogP contribution < -0.4 is 0 Å². The van der Waals surface area contributed by atoms with Gasteiger partial charge < -0.3 is 4.74 Å². The summed E-state index contributed by atoms with van der Waals surface area (Å²) in [5.41, 5.74) is 0. The minimum absolute atomic E-state index is 0.182. The quantitative estimate of drug-likeness (QED) is 0.397. The van der Waals surface area contributed by atoms with Crippen LogP contribution in [-0.2, 0) is 4.74 Å². The highest BCUT2D eigenvalue weighted by Gasteiger charge is 2.71. The Morgan fingerprint density at radius 1 is 1.00 bits per heavy atom. The Balaban J connectivity index is 2.06. The molecule has 10 nitrogen and oxygen atoms in total. The molecular weight excluding hydrogens is 281 g/mol. The highest BCUT2D eigenvalue weighted by Crippen LogP contribution is 2.47. The van der Waals surface area contributed by atoms with E-state index < -0.39 is 39.4 Å². The van der Waals surface area contributed by atoms with E-state index in [1.165, 1.54) is 0 Å². The van der Waals surface area contributed by atoms with Crippen molar-refractivity contribution in [1.29, 1.82) is 0 Å². The van der Waals surface area contributed by atoms with E-state index in [1.807, 2.05) is 0 Å². The molecule has 11 heteroatoms. The predicted molar refractivity (Wildman–Crippen MR) is 59.2 cm³/mol. The van der Waals surface area contributed by atoms with Crippen LogP contribution in [-0.4, -0.2) is 39.4 Å². The first kappa shape index (κ1) is 14.5. The molecule has 0 aromatic rings. The molecule has 2 aliphatic rings. The van der Waals surface area contributed by atoms with Gasteiger partial charge in [0.25, 0.3) is 6.61 Å². The maximum atomic E-state index is 13.3. The van der Waals surface area contributed by atoms with Crippen molar-refractivity contribution in [2.75, 3.05) is 6.61 Å². The van der Waals surface area contributed by atoms with Gasteiger partial charge in [0.05, 0.1) is 6.10 Å². The fraction of sp³-hybridized carbons (Fsp3) is 1.00. The molecule has 0 amide bonds. The molecule has 0 radical (unpaired) electrons. The van der Waals surface area contributed by atoms with Crippen molar-refractivity contribution in [2.24, 2.45) is 11.8 Å². The molecule has 2 saturated carbocycles. The minimum atomic E-state index is -3.60. The number of halogens is 1. The second-order valence-electron chi connectivity index (χ2n) is 5.14. The van der Waals surface area contributed by atoms with Crippen molar-refractivity contribution in [2.45, 2.75) is 37.3 Å². The zero-order valence-corrected chi connectivity index (χ0v) is 10.2. The number of rotatable bonds is 6. The first-order valence-electron chi connectivity index (χ1n) is 5.98. The van der Waals surface area contributed by atoms with E-state index in [9.17, 15) is 34.7 Å². The molecule has 4 atom stereocenters. The first-order chi connectivity index (χ1) is 9.29. The summed E-state index contributed by atoms with van der Waals surface area (Å²) in [5.74, 6) is -4.00. The van der Waals surface area contributed by atoms with Gasteiger partial charge in [-0.2, -0.15) is 0 Å². The second-order valence-corrected chi connectivity index (χ2v) is 5.14. The topological polar surface area (TPSA) is 139 Å². The van der Waals surface area contributed by atoms with Crippen molar-refractivity contribution in [1.82, 2.24) is 0 Å². The molecule has 0 spiro atoms. The van der Waals surface area contributed by atoms with Gasteiger partial charge in [-0.05, 0) is 31.1 Å². The van der Waals surface area contributed by atoms with Gasteiger partial charge in [-0.15, -0.1) is 0 Å². The monoisotopic (exact) mass is 293 g/mol. The van der Waals surface area contributed by atoms with Crippen molar-refractivity contribution in [3.63, 3.8) is 0 Å². The highest BCUT2D eigenvalue weighted by atomic mass is 19.1. The zero-order valence-electron chi connectivity index (χ0n) is 10.2. The molecule has 2 fully saturated rings. The van der Waals surface area contributed by atoms with Gasteiger partial charge in [0, 0.05) is 0 Å². The van der Waals surface area contributed by atoms with Gasteiger partial charge >= 0.3 is 5.79 Å². The Morgan fingerprint density at radius 3 is 1.90 bits per heavy atom. The predicted octanol–water partition coefficient (Wildman–Crippen LogP) is 0.623. The average molecular weight is 293 g/mol. The van der Waals surface area contributed by atoms with E-state index in [-0.39, 0.29) is 24.7 Å². The van der Waals surface area contributed by atoms with Gasteiger partial charge in [-0.1, -0.05) is 0 Å². The van der Waals surface area contributed by atoms with Crippen molar-refractivity contribution in [3.05, 3.63) is 30.3 Å². The Hall–Kier alpha value is -1.91. The number of nitro groups is 3. The average Bonchev–Trinajstić information content (AvgIpc) is 2.87. The number of hydrogen-bond acceptors (Lipinski definition) is 7. The number of ether oxygens (including phenoxy) is 1. The first-order valence-corrected chi connectivity index (χ1v) is 5.98. The van der Waals surface area contributed by atoms with E-state index in [2.05, 4.69) is 0 Å². The molecule has 0 N–H and O–H groups in total. The Morgan fingerprint density at radius 2 is 1.55 bits per heavy atom. The number of nitrogens with zero attached hydrogens (tertiary/aromatic N) is 3. The van der Waals surface area contributed by atoms with E-state index in [0.717, 1.165) is 0 Å². The molecule has 2 bridgehead atoms. The second kappa shape index (κ2) is 4.89. The van der Waals surface area contributed by atoms with Crippen LogP contribution in [0.4, 0.5) is 4.39 Å². The molecule has 0 aromatic carbocycles. The number of hydrogen-bond donors (Lipinski definition) is 0. The zero-order chi connectivity index (χ0) is 15.1.